The van der Waals surface area contributed by atoms with Crippen molar-refractivity contribution in [2.24, 2.45) is 0 Å². The molecule has 0 aliphatic carbocycles. The fourth-order valence-electron chi connectivity index (χ4n) is 1.20. The van der Waals surface area contributed by atoms with Crippen molar-refractivity contribution in [3.63, 3.8) is 0 Å². The van der Waals surface area contributed by atoms with Gasteiger partial charge in [0.15, 0.2) is 11.5 Å². The van der Waals surface area contributed by atoms with E-state index in [4.69, 9.17) is 14.2 Å². The van der Waals surface area contributed by atoms with Crippen LogP contribution in [0.2, 0.25) is 0 Å². The second-order valence-corrected chi connectivity index (χ2v) is 2.92. The van der Waals surface area contributed by atoms with Gasteiger partial charge < -0.3 is 14.2 Å². The highest BCUT2D eigenvalue weighted by Gasteiger charge is 2.16. The quantitative estimate of drug-likeness (QED) is 0.739. The number of halogens is 1. The van der Waals surface area contributed by atoms with Crippen LogP contribution in [0.1, 0.15) is 17.3 Å². The lowest BCUT2D eigenvalue weighted by atomic mass is 10.2. The lowest BCUT2D eigenvalue weighted by molar-refractivity contribution is 0.0525. The first-order valence-corrected chi connectivity index (χ1v) is 4.72. The van der Waals surface area contributed by atoms with Crippen LogP contribution in [0.15, 0.2) is 12.1 Å². The molecule has 4 nitrogen and oxygen atoms in total. The highest BCUT2D eigenvalue weighted by Crippen LogP contribution is 2.28. The van der Waals surface area contributed by atoms with Crippen LogP contribution < -0.4 is 9.47 Å². The number of hydrogen-bond acceptors (Lipinski definition) is 4. The first-order chi connectivity index (χ1) is 7.63. The summed E-state index contributed by atoms with van der Waals surface area (Å²) in [5.41, 5.74) is 0.192. The Morgan fingerprint density at radius 3 is 2.12 bits per heavy atom. The Bertz CT molecular complexity index is 365. The highest BCUT2D eigenvalue weighted by atomic mass is 19.1. The van der Waals surface area contributed by atoms with E-state index in [0.717, 1.165) is 0 Å². The third-order valence-corrected chi connectivity index (χ3v) is 1.96. The number of ether oxygens (including phenoxy) is 3. The summed E-state index contributed by atoms with van der Waals surface area (Å²) in [7, 11) is 2.62. The van der Waals surface area contributed by atoms with Crippen molar-refractivity contribution in [3.8, 4) is 11.5 Å². The summed E-state index contributed by atoms with van der Waals surface area (Å²) in [6.45, 7) is 1.94. The van der Waals surface area contributed by atoms with Crippen LogP contribution in [-0.4, -0.2) is 26.8 Å². The summed E-state index contributed by atoms with van der Waals surface area (Å²) in [6, 6.07) is 2.55. The van der Waals surface area contributed by atoms with Gasteiger partial charge >= 0.3 is 5.97 Å². The Kier molecular flexibility index (Phi) is 4.10. The molecule has 0 aliphatic rings. The molecule has 1 aromatic carbocycles. The lowest BCUT2D eigenvalue weighted by Crippen LogP contribution is -2.06. The molecule has 0 radical (unpaired) electrons. The summed E-state index contributed by atoms with van der Waals surface area (Å²) in [6.07, 6.45) is 0. The standard InChI is InChI=1S/C11H13FO4/c1-4-16-11(13)7-5-8(14-2)10(12)9(6-7)15-3/h5-6H,4H2,1-3H3. The topological polar surface area (TPSA) is 44.8 Å². The molecule has 16 heavy (non-hydrogen) atoms. The molecule has 0 bridgehead atoms. The van der Waals surface area contributed by atoms with Crippen molar-refractivity contribution in [1.82, 2.24) is 0 Å². The number of rotatable bonds is 4. The molecule has 0 amide bonds. The molecule has 0 fully saturated rings. The minimum Gasteiger partial charge on any atom is -0.494 e. The lowest BCUT2D eigenvalue weighted by Gasteiger charge is -2.09. The summed E-state index contributed by atoms with van der Waals surface area (Å²) in [4.78, 5) is 11.4. The molecule has 1 aromatic rings. The van der Waals surface area contributed by atoms with Crippen LogP contribution in [0.4, 0.5) is 4.39 Å². The summed E-state index contributed by atoms with van der Waals surface area (Å²) in [5.74, 6) is -1.29. The first-order valence-electron chi connectivity index (χ1n) is 4.72. The second-order valence-electron chi connectivity index (χ2n) is 2.92. The van der Waals surface area contributed by atoms with Gasteiger partial charge in [0.1, 0.15) is 0 Å². The van der Waals surface area contributed by atoms with Crippen LogP contribution in [0.5, 0.6) is 11.5 Å². The highest BCUT2D eigenvalue weighted by molar-refractivity contribution is 5.90. The second kappa shape index (κ2) is 5.34. The average molecular weight is 228 g/mol. The fraction of sp³-hybridized carbons (Fsp3) is 0.364. The molecule has 0 spiro atoms. The number of carbonyl (C=O) groups is 1. The van der Waals surface area contributed by atoms with E-state index in [1.54, 1.807) is 6.92 Å². The predicted molar refractivity (Wildman–Crippen MR) is 55.5 cm³/mol. The van der Waals surface area contributed by atoms with Gasteiger partial charge in [-0.2, -0.15) is 4.39 Å². The Morgan fingerprint density at radius 1 is 1.25 bits per heavy atom. The zero-order valence-corrected chi connectivity index (χ0v) is 9.37. The number of hydrogen-bond donors (Lipinski definition) is 0. The van der Waals surface area contributed by atoms with E-state index in [2.05, 4.69) is 0 Å². The van der Waals surface area contributed by atoms with E-state index in [0.29, 0.717) is 0 Å². The van der Waals surface area contributed by atoms with Crippen molar-refractivity contribution in [2.75, 3.05) is 20.8 Å². The molecule has 0 atom stereocenters. The molecule has 0 unspecified atom stereocenters. The van der Waals surface area contributed by atoms with Crippen LogP contribution >= 0.6 is 0 Å². The molecule has 0 aliphatic heterocycles. The summed E-state index contributed by atoms with van der Waals surface area (Å²) >= 11 is 0. The number of benzene rings is 1. The fourth-order valence-corrected chi connectivity index (χ4v) is 1.20. The monoisotopic (exact) mass is 228 g/mol. The maximum absolute atomic E-state index is 13.5. The van der Waals surface area contributed by atoms with Crippen molar-refractivity contribution in [1.29, 1.82) is 0 Å². The minimum atomic E-state index is -0.641. The number of methoxy groups -OCH3 is 2. The van der Waals surface area contributed by atoms with Gasteiger partial charge in [0, 0.05) is 0 Å². The number of carbonyl (C=O) groups excluding carboxylic acids is 1. The van der Waals surface area contributed by atoms with Crippen LogP contribution in [0.25, 0.3) is 0 Å². The molecule has 0 heterocycles. The smallest absolute Gasteiger partial charge is 0.338 e. The Balaban J connectivity index is 3.16. The van der Waals surface area contributed by atoms with Crippen molar-refractivity contribution >= 4 is 5.97 Å². The molecule has 0 saturated heterocycles. The van der Waals surface area contributed by atoms with Gasteiger partial charge in [-0.25, -0.2) is 4.79 Å². The number of esters is 1. The minimum absolute atomic E-state index is 0.0533. The van der Waals surface area contributed by atoms with Gasteiger partial charge in [-0.15, -0.1) is 0 Å². The molecule has 5 heteroatoms. The maximum atomic E-state index is 13.5. The molecular weight excluding hydrogens is 215 g/mol. The van der Waals surface area contributed by atoms with E-state index < -0.39 is 11.8 Å². The van der Waals surface area contributed by atoms with Crippen LogP contribution in [0.3, 0.4) is 0 Å². The zero-order chi connectivity index (χ0) is 12.1. The van der Waals surface area contributed by atoms with Crippen molar-refractivity contribution in [2.45, 2.75) is 6.92 Å². The zero-order valence-electron chi connectivity index (χ0n) is 9.37. The summed E-state index contributed by atoms with van der Waals surface area (Å²) in [5, 5.41) is 0. The van der Waals surface area contributed by atoms with Gasteiger partial charge in [-0.3, -0.25) is 0 Å². The van der Waals surface area contributed by atoms with Gasteiger partial charge in [-0.05, 0) is 19.1 Å². The third-order valence-electron chi connectivity index (χ3n) is 1.96. The Morgan fingerprint density at radius 2 is 1.75 bits per heavy atom. The first kappa shape index (κ1) is 12.3. The summed E-state index contributed by atoms with van der Waals surface area (Å²) < 4.78 is 27.9. The molecule has 88 valence electrons. The molecule has 0 aromatic heterocycles. The van der Waals surface area contributed by atoms with Crippen molar-refractivity contribution in [3.05, 3.63) is 23.5 Å². The van der Waals surface area contributed by atoms with E-state index in [1.807, 2.05) is 0 Å². The van der Waals surface area contributed by atoms with Gasteiger partial charge in [0.2, 0.25) is 5.82 Å². The molecular formula is C11H13FO4. The third kappa shape index (κ3) is 2.42. The largest absolute Gasteiger partial charge is 0.494 e. The molecule has 0 N–H and O–H groups in total. The normalized spacial score (nSPS) is 9.75. The molecule has 1 rings (SSSR count). The van der Waals surface area contributed by atoms with E-state index in [-0.39, 0.29) is 23.7 Å². The SMILES string of the molecule is CCOC(=O)c1cc(OC)c(F)c(OC)c1. The molecule has 0 saturated carbocycles. The van der Waals surface area contributed by atoms with Gasteiger partial charge in [0.05, 0.1) is 26.4 Å². The maximum Gasteiger partial charge on any atom is 0.338 e. The van der Waals surface area contributed by atoms with Gasteiger partial charge in [0.25, 0.3) is 0 Å². The van der Waals surface area contributed by atoms with Crippen LogP contribution in [0, 0.1) is 5.82 Å². The Hall–Kier alpha value is -1.78. The van der Waals surface area contributed by atoms with Crippen LogP contribution in [-0.2, 0) is 4.74 Å². The van der Waals surface area contributed by atoms with Gasteiger partial charge in [-0.1, -0.05) is 0 Å². The van der Waals surface area contributed by atoms with E-state index in [9.17, 15) is 9.18 Å². The van der Waals surface area contributed by atoms with E-state index in [1.165, 1.54) is 26.4 Å². The van der Waals surface area contributed by atoms with E-state index >= 15 is 0 Å². The predicted octanol–water partition coefficient (Wildman–Crippen LogP) is 2.02. The average Bonchev–Trinajstić information content (AvgIpc) is 2.29. The Labute approximate surface area is 92.9 Å². The van der Waals surface area contributed by atoms with Crippen molar-refractivity contribution < 1.29 is 23.4 Å².